The van der Waals surface area contributed by atoms with Gasteiger partial charge in [-0.25, -0.2) is 4.98 Å². The van der Waals surface area contributed by atoms with E-state index in [1.54, 1.807) is 11.3 Å². The molecule has 0 saturated carbocycles. The molecule has 0 aliphatic rings. The normalized spacial score (nSPS) is 11.0. The van der Waals surface area contributed by atoms with E-state index >= 15 is 0 Å². The summed E-state index contributed by atoms with van der Waals surface area (Å²) in [6, 6.07) is 26.1. The van der Waals surface area contributed by atoms with Crippen molar-refractivity contribution in [2.24, 2.45) is 0 Å². The van der Waals surface area contributed by atoms with E-state index in [1.165, 1.54) is 23.1 Å². The van der Waals surface area contributed by atoms with Gasteiger partial charge in [-0.3, -0.25) is 0 Å². The average Bonchev–Trinajstić information content (AvgIpc) is 3.06. The molecule has 4 aromatic rings. The summed E-state index contributed by atoms with van der Waals surface area (Å²) < 4.78 is 4.17. The van der Waals surface area contributed by atoms with Gasteiger partial charge >= 0.3 is 21.2 Å². The smallest absolute Gasteiger partial charge is 0.357 e. The molecule has 0 unspecified atom stereocenters. The van der Waals surface area contributed by atoms with Gasteiger partial charge in [0.05, 0.1) is 10.2 Å². The molecule has 0 N–H and O–H groups in total. The first kappa shape index (κ1) is 16.5. The molecule has 0 saturated heterocycles. The van der Waals surface area contributed by atoms with Crippen LogP contribution in [0.25, 0.3) is 20.8 Å². The predicted octanol–water partition coefficient (Wildman–Crippen LogP) is 2.16. The number of hydrogen-bond acceptors (Lipinski definition) is 3. The van der Waals surface area contributed by atoms with E-state index in [4.69, 9.17) is 4.98 Å². The SMILES string of the molecule is CN(C)c1ccc(-c2nc3ccc([I+]c4ccccc4)cc3s2)cc1. The first-order valence-corrected chi connectivity index (χ1v) is 11.0. The van der Waals surface area contributed by atoms with Crippen molar-refractivity contribution in [3.63, 3.8) is 0 Å². The van der Waals surface area contributed by atoms with Crippen molar-refractivity contribution in [2.45, 2.75) is 0 Å². The first-order valence-electron chi connectivity index (χ1n) is 8.07. The molecule has 0 bridgehead atoms. The number of nitrogens with zero attached hydrogens (tertiary/aromatic N) is 2. The molecular weight excluding hydrogens is 439 g/mol. The molecule has 3 aromatic carbocycles. The van der Waals surface area contributed by atoms with Gasteiger partial charge in [0.2, 0.25) is 0 Å². The summed E-state index contributed by atoms with van der Waals surface area (Å²) in [5.74, 6) is 0. The summed E-state index contributed by atoms with van der Waals surface area (Å²) in [6.45, 7) is 0. The number of thiazole rings is 1. The molecule has 1 heterocycles. The molecule has 4 rings (SSSR count). The Morgan fingerprint density at radius 2 is 1.60 bits per heavy atom. The molecule has 0 aliphatic carbocycles. The number of fused-ring (bicyclic) bond motifs is 1. The summed E-state index contributed by atoms with van der Waals surface area (Å²) in [4.78, 5) is 6.94. The fourth-order valence-electron chi connectivity index (χ4n) is 2.59. The van der Waals surface area contributed by atoms with Crippen LogP contribution in [-0.4, -0.2) is 19.1 Å². The minimum Gasteiger partial charge on any atom is -0.378 e. The highest BCUT2D eigenvalue weighted by Crippen LogP contribution is 2.30. The van der Waals surface area contributed by atoms with Gasteiger partial charge in [0.25, 0.3) is 0 Å². The second-order valence-corrected chi connectivity index (χ2v) is 10.0. The van der Waals surface area contributed by atoms with Crippen molar-refractivity contribution in [2.75, 3.05) is 19.0 Å². The van der Waals surface area contributed by atoms with Crippen molar-refractivity contribution in [1.29, 1.82) is 0 Å². The molecule has 0 spiro atoms. The van der Waals surface area contributed by atoms with Gasteiger partial charge in [-0.05, 0) is 48.5 Å². The van der Waals surface area contributed by atoms with E-state index in [-0.39, 0.29) is 21.2 Å². The van der Waals surface area contributed by atoms with Gasteiger partial charge in [0.15, 0.2) is 7.14 Å². The molecule has 1 aromatic heterocycles. The lowest BCUT2D eigenvalue weighted by molar-refractivity contribution is -0.597. The van der Waals surface area contributed by atoms with Crippen LogP contribution in [0.2, 0.25) is 0 Å². The Balaban J connectivity index is 1.64. The highest BCUT2D eigenvalue weighted by atomic mass is 127. The van der Waals surface area contributed by atoms with Gasteiger partial charge in [-0.2, -0.15) is 0 Å². The molecule has 4 heteroatoms. The van der Waals surface area contributed by atoms with Crippen LogP contribution in [0.4, 0.5) is 5.69 Å². The van der Waals surface area contributed by atoms with Crippen LogP contribution in [0.3, 0.4) is 0 Å². The molecule has 25 heavy (non-hydrogen) atoms. The lowest BCUT2D eigenvalue weighted by Gasteiger charge is -2.11. The maximum Gasteiger partial charge on any atom is 0.357 e. The van der Waals surface area contributed by atoms with Crippen LogP contribution >= 0.6 is 11.3 Å². The summed E-state index contributed by atoms with van der Waals surface area (Å²) >= 11 is 1.65. The fraction of sp³-hybridized carbons (Fsp3) is 0.0952. The Morgan fingerprint density at radius 1 is 0.840 bits per heavy atom. The van der Waals surface area contributed by atoms with Gasteiger partial charge in [-0.15, -0.1) is 11.3 Å². The van der Waals surface area contributed by atoms with Crippen LogP contribution in [-0.2, 0) is 0 Å². The Bertz CT molecular complexity index is 992. The van der Waals surface area contributed by atoms with E-state index < -0.39 is 0 Å². The number of hydrogen-bond donors (Lipinski definition) is 0. The second-order valence-electron chi connectivity index (χ2n) is 5.96. The molecule has 0 fully saturated rings. The van der Waals surface area contributed by atoms with Crippen molar-refractivity contribution < 1.29 is 21.2 Å². The second kappa shape index (κ2) is 7.14. The maximum absolute atomic E-state index is 4.82. The number of benzene rings is 3. The van der Waals surface area contributed by atoms with Crippen molar-refractivity contribution in [3.8, 4) is 10.6 Å². The third kappa shape index (κ3) is 3.70. The van der Waals surface area contributed by atoms with Gasteiger partial charge in [0, 0.05) is 31.4 Å². The molecule has 0 aliphatic heterocycles. The van der Waals surface area contributed by atoms with E-state index in [0.717, 1.165) is 10.5 Å². The Kier molecular flexibility index (Phi) is 4.72. The molecular formula is C21H18IN2S+. The van der Waals surface area contributed by atoms with E-state index in [1.807, 2.05) is 0 Å². The van der Waals surface area contributed by atoms with E-state index in [2.05, 4.69) is 91.8 Å². The largest absolute Gasteiger partial charge is 0.378 e. The topological polar surface area (TPSA) is 16.1 Å². The average molecular weight is 457 g/mol. The van der Waals surface area contributed by atoms with E-state index in [9.17, 15) is 0 Å². The van der Waals surface area contributed by atoms with Crippen LogP contribution in [0.15, 0.2) is 72.8 Å². The first-order chi connectivity index (χ1) is 12.2. The Morgan fingerprint density at radius 3 is 2.32 bits per heavy atom. The lowest BCUT2D eigenvalue weighted by Crippen LogP contribution is -3.61. The van der Waals surface area contributed by atoms with Crippen molar-refractivity contribution in [1.82, 2.24) is 4.98 Å². The third-order valence-electron chi connectivity index (χ3n) is 3.93. The van der Waals surface area contributed by atoms with Crippen LogP contribution < -0.4 is 26.1 Å². The van der Waals surface area contributed by atoms with Crippen LogP contribution in [0, 0.1) is 7.14 Å². The highest BCUT2D eigenvalue weighted by Gasteiger charge is 2.17. The Labute approximate surface area is 162 Å². The maximum atomic E-state index is 4.82. The summed E-state index contributed by atoms with van der Waals surface area (Å²) in [5, 5.41) is 1.09. The molecule has 2 nitrogen and oxygen atoms in total. The van der Waals surface area contributed by atoms with E-state index in [0.29, 0.717) is 0 Å². The van der Waals surface area contributed by atoms with Gasteiger partial charge in [-0.1, -0.05) is 18.2 Å². The van der Waals surface area contributed by atoms with Gasteiger partial charge < -0.3 is 4.90 Å². The standard InChI is InChI=1S/C21H18IN2S/c1-24(2)18-11-8-15(9-12-18)21-23-19-13-10-17(14-20(19)25-21)22-16-6-4-3-5-7-16/h3-14H,1-2H3/q+1. The monoisotopic (exact) mass is 457 g/mol. The zero-order valence-corrected chi connectivity index (χ0v) is 17.1. The quantitative estimate of drug-likeness (QED) is 0.437. The molecule has 0 atom stereocenters. The summed E-state index contributed by atoms with van der Waals surface area (Å²) in [5.41, 5.74) is 3.49. The minimum absolute atomic E-state index is 0.131. The number of aromatic nitrogens is 1. The zero-order chi connectivity index (χ0) is 17.2. The number of anilines is 1. The van der Waals surface area contributed by atoms with Crippen LogP contribution in [0.5, 0.6) is 0 Å². The van der Waals surface area contributed by atoms with Crippen LogP contribution in [0.1, 0.15) is 0 Å². The Hall–Kier alpha value is -1.92. The molecule has 0 radical (unpaired) electrons. The molecule has 0 amide bonds. The van der Waals surface area contributed by atoms with Crippen molar-refractivity contribution in [3.05, 3.63) is 79.9 Å². The lowest BCUT2D eigenvalue weighted by atomic mass is 10.2. The van der Waals surface area contributed by atoms with Crippen molar-refractivity contribution >= 4 is 27.2 Å². The third-order valence-corrected chi connectivity index (χ3v) is 7.64. The summed E-state index contributed by atoms with van der Waals surface area (Å²) in [7, 11) is 4.12. The summed E-state index contributed by atoms with van der Waals surface area (Å²) in [6.07, 6.45) is 0. The molecule has 124 valence electrons. The van der Waals surface area contributed by atoms with Gasteiger partial charge in [0.1, 0.15) is 5.01 Å². The predicted molar refractivity (Wildman–Crippen MR) is 103 cm³/mol. The fourth-order valence-corrected chi connectivity index (χ4v) is 6.13. The zero-order valence-electron chi connectivity index (χ0n) is 14.1. The highest BCUT2D eigenvalue weighted by molar-refractivity contribution is 7.21. The minimum atomic E-state index is -0.131. The number of halogens is 1. The number of rotatable bonds is 4.